The molecule has 0 saturated heterocycles. The molecule has 0 aliphatic rings. The van der Waals surface area contributed by atoms with E-state index in [9.17, 15) is 4.39 Å². The molecule has 0 spiro atoms. The highest BCUT2D eigenvalue weighted by molar-refractivity contribution is 6.32. The Morgan fingerprint density at radius 2 is 1.85 bits per heavy atom. The van der Waals surface area contributed by atoms with Crippen LogP contribution in [0.4, 0.5) is 10.1 Å². The molecule has 1 unspecified atom stereocenters. The molecule has 1 atom stereocenters. The minimum atomic E-state index is -0.421. The van der Waals surface area contributed by atoms with Crippen LogP contribution in [0.3, 0.4) is 0 Å². The maximum atomic E-state index is 13.1. The number of ether oxygens (including phenoxy) is 1. The van der Waals surface area contributed by atoms with Gasteiger partial charge in [-0.15, -0.1) is 0 Å². The van der Waals surface area contributed by atoms with E-state index in [2.05, 4.69) is 5.32 Å². The molecule has 0 fully saturated rings. The lowest BCUT2D eigenvalue weighted by Crippen LogP contribution is -2.06. The third-order valence-electron chi connectivity index (χ3n) is 2.98. The van der Waals surface area contributed by atoms with Crippen LogP contribution in [0.1, 0.15) is 18.5 Å². The first-order valence-corrected chi connectivity index (χ1v) is 6.82. The summed E-state index contributed by atoms with van der Waals surface area (Å²) in [7, 11) is 1.57. The molecule has 2 rings (SSSR count). The van der Waals surface area contributed by atoms with Crippen LogP contribution in [0.5, 0.6) is 5.75 Å². The summed E-state index contributed by atoms with van der Waals surface area (Å²) in [5, 5.41) is 3.92. The fourth-order valence-corrected chi connectivity index (χ4v) is 2.32. The number of anilines is 1. The van der Waals surface area contributed by atoms with Crippen molar-refractivity contribution in [2.24, 2.45) is 0 Å². The second kappa shape index (κ2) is 6.33. The summed E-state index contributed by atoms with van der Waals surface area (Å²) in [5.41, 5.74) is 1.74. The number of nitrogens with one attached hydrogen (secondary N) is 1. The van der Waals surface area contributed by atoms with Crippen molar-refractivity contribution < 1.29 is 9.13 Å². The van der Waals surface area contributed by atoms with Crippen molar-refractivity contribution in [2.45, 2.75) is 13.0 Å². The molecule has 0 radical (unpaired) electrons. The van der Waals surface area contributed by atoms with E-state index in [1.54, 1.807) is 31.4 Å². The van der Waals surface area contributed by atoms with Gasteiger partial charge < -0.3 is 10.1 Å². The monoisotopic (exact) mass is 313 g/mol. The second-order valence-electron chi connectivity index (χ2n) is 4.39. The average Bonchev–Trinajstić information content (AvgIpc) is 2.42. The van der Waals surface area contributed by atoms with Gasteiger partial charge in [0.1, 0.15) is 11.6 Å². The highest BCUT2D eigenvalue weighted by atomic mass is 35.5. The predicted octanol–water partition coefficient (Wildman–Crippen LogP) is 5.31. The van der Waals surface area contributed by atoms with E-state index >= 15 is 0 Å². The predicted molar refractivity (Wildman–Crippen MR) is 81.5 cm³/mol. The molecule has 0 heterocycles. The summed E-state index contributed by atoms with van der Waals surface area (Å²) in [6, 6.07) is 10.1. The number of rotatable bonds is 4. The number of hydrogen-bond acceptors (Lipinski definition) is 2. The lowest BCUT2D eigenvalue weighted by atomic mass is 10.1. The van der Waals surface area contributed by atoms with Gasteiger partial charge in [-0.25, -0.2) is 4.39 Å². The molecule has 2 aromatic carbocycles. The highest BCUT2D eigenvalue weighted by Crippen LogP contribution is 2.29. The summed E-state index contributed by atoms with van der Waals surface area (Å²) in [4.78, 5) is 0. The van der Waals surface area contributed by atoms with Gasteiger partial charge in [0.2, 0.25) is 0 Å². The van der Waals surface area contributed by atoms with Crippen LogP contribution >= 0.6 is 23.2 Å². The number of halogens is 3. The van der Waals surface area contributed by atoms with E-state index in [0.717, 1.165) is 11.3 Å². The van der Waals surface area contributed by atoms with Crippen LogP contribution in [0.2, 0.25) is 10.0 Å². The first-order valence-electron chi connectivity index (χ1n) is 6.06. The molecule has 1 N–H and O–H groups in total. The van der Waals surface area contributed by atoms with Crippen LogP contribution in [0.15, 0.2) is 36.4 Å². The van der Waals surface area contributed by atoms with Gasteiger partial charge >= 0.3 is 0 Å². The fraction of sp³-hybridized carbons (Fsp3) is 0.200. The molecule has 5 heteroatoms. The van der Waals surface area contributed by atoms with Crippen molar-refractivity contribution in [3.05, 3.63) is 57.8 Å². The number of benzene rings is 2. The van der Waals surface area contributed by atoms with E-state index in [4.69, 9.17) is 27.9 Å². The molecule has 2 aromatic rings. The maximum Gasteiger partial charge on any atom is 0.141 e. The van der Waals surface area contributed by atoms with Crippen molar-refractivity contribution >= 4 is 28.9 Å². The fourth-order valence-electron chi connectivity index (χ4n) is 1.87. The number of methoxy groups -OCH3 is 1. The quantitative estimate of drug-likeness (QED) is 0.825. The van der Waals surface area contributed by atoms with Gasteiger partial charge in [0.05, 0.1) is 17.2 Å². The summed E-state index contributed by atoms with van der Waals surface area (Å²) in [6.45, 7) is 1.96. The molecule has 0 aliphatic heterocycles. The molecular weight excluding hydrogens is 300 g/mol. The third-order valence-corrected chi connectivity index (χ3v) is 3.56. The summed E-state index contributed by atoms with van der Waals surface area (Å²) >= 11 is 11.9. The van der Waals surface area contributed by atoms with Crippen molar-refractivity contribution in [2.75, 3.05) is 12.4 Å². The lowest BCUT2D eigenvalue weighted by molar-refractivity contribution is 0.415. The zero-order valence-corrected chi connectivity index (χ0v) is 12.6. The first-order chi connectivity index (χ1) is 9.51. The van der Waals surface area contributed by atoms with Crippen molar-refractivity contribution in [3.63, 3.8) is 0 Å². The largest absolute Gasteiger partial charge is 0.495 e. The van der Waals surface area contributed by atoms with Gasteiger partial charge in [-0.3, -0.25) is 0 Å². The molecule has 0 saturated carbocycles. The van der Waals surface area contributed by atoms with Gasteiger partial charge in [0, 0.05) is 11.7 Å². The Labute approximate surface area is 127 Å². The van der Waals surface area contributed by atoms with Gasteiger partial charge in [-0.1, -0.05) is 29.3 Å². The van der Waals surface area contributed by atoms with Crippen LogP contribution in [0.25, 0.3) is 0 Å². The third kappa shape index (κ3) is 3.35. The van der Waals surface area contributed by atoms with Gasteiger partial charge in [0.15, 0.2) is 0 Å². The maximum absolute atomic E-state index is 13.1. The Balaban J connectivity index is 2.16. The Morgan fingerprint density at radius 3 is 2.45 bits per heavy atom. The molecular formula is C15H14Cl2FNO. The number of hydrogen-bond donors (Lipinski definition) is 1. The van der Waals surface area contributed by atoms with Crippen LogP contribution in [0, 0.1) is 5.82 Å². The second-order valence-corrected chi connectivity index (χ2v) is 5.20. The van der Waals surface area contributed by atoms with E-state index < -0.39 is 5.82 Å². The normalized spacial score (nSPS) is 12.1. The van der Waals surface area contributed by atoms with Crippen molar-refractivity contribution in [1.29, 1.82) is 0 Å². The zero-order valence-electron chi connectivity index (χ0n) is 11.1. The standard InChI is InChI=1S/C15H14Cl2FNO/c1-9(10-3-5-14(18)12(16)7-10)19-11-4-6-15(20-2)13(17)8-11/h3-9,19H,1-2H3. The Hall–Kier alpha value is -1.45. The minimum absolute atomic E-state index is 0.0300. The summed E-state index contributed by atoms with van der Waals surface area (Å²) in [6.07, 6.45) is 0. The topological polar surface area (TPSA) is 21.3 Å². The zero-order chi connectivity index (χ0) is 14.7. The Kier molecular flexibility index (Phi) is 4.73. The Morgan fingerprint density at radius 1 is 1.10 bits per heavy atom. The van der Waals surface area contributed by atoms with E-state index in [1.807, 2.05) is 13.0 Å². The summed E-state index contributed by atoms with van der Waals surface area (Å²) < 4.78 is 18.2. The highest BCUT2D eigenvalue weighted by Gasteiger charge is 2.09. The van der Waals surface area contributed by atoms with Crippen molar-refractivity contribution in [1.82, 2.24) is 0 Å². The Bertz CT molecular complexity index is 619. The average molecular weight is 314 g/mol. The lowest BCUT2D eigenvalue weighted by Gasteiger charge is -2.17. The molecule has 0 bridgehead atoms. The molecule has 106 valence electrons. The molecule has 20 heavy (non-hydrogen) atoms. The van der Waals surface area contributed by atoms with Crippen LogP contribution in [-0.4, -0.2) is 7.11 Å². The van der Waals surface area contributed by atoms with Crippen molar-refractivity contribution in [3.8, 4) is 5.75 Å². The molecule has 2 nitrogen and oxygen atoms in total. The molecule has 0 amide bonds. The van der Waals surface area contributed by atoms with E-state index in [0.29, 0.717) is 10.8 Å². The van der Waals surface area contributed by atoms with E-state index in [1.165, 1.54) is 6.07 Å². The molecule has 0 aromatic heterocycles. The van der Waals surface area contributed by atoms with Gasteiger partial charge in [-0.05, 0) is 42.8 Å². The van der Waals surface area contributed by atoms with Gasteiger partial charge in [0.25, 0.3) is 0 Å². The van der Waals surface area contributed by atoms with Crippen LogP contribution < -0.4 is 10.1 Å². The van der Waals surface area contributed by atoms with E-state index in [-0.39, 0.29) is 11.1 Å². The smallest absolute Gasteiger partial charge is 0.141 e. The SMILES string of the molecule is COc1ccc(NC(C)c2ccc(F)c(Cl)c2)cc1Cl. The minimum Gasteiger partial charge on any atom is -0.495 e. The summed E-state index contributed by atoms with van der Waals surface area (Å²) in [5.74, 6) is 0.199. The van der Waals surface area contributed by atoms with Crippen LogP contribution in [-0.2, 0) is 0 Å². The first kappa shape index (κ1) is 14.9. The molecule has 0 aliphatic carbocycles. The van der Waals surface area contributed by atoms with Gasteiger partial charge in [-0.2, -0.15) is 0 Å².